The first-order valence-corrected chi connectivity index (χ1v) is 12.7. The molecule has 4 aromatic rings. The van der Waals surface area contributed by atoms with E-state index in [0.717, 1.165) is 25.2 Å². The maximum absolute atomic E-state index is 6.55. The third-order valence-electron chi connectivity index (χ3n) is 5.85. The predicted molar refractivity (Wildman–Crippen MR) is 150 cm³/mol. The lowest BCUT2D eigenvalue weighted by molar-refractivity contribution is 0.295. The Kier molecular flexibility index (Phi) is 9.11. The molecule has 4 rings (SSSR count). The lowest BCUT2D eigenvalue weighted by Gasteiger charge is -2.18. The van der Waals surface area contributed by atoms with Gasteiger partial charge >= 0.3 is 0 Å². The van der Waals surface area contributed by atoms with Crippen molar-refractivity contribution in [1.29, 1.82) is 0 Å². The normalized spacial score (nSPS) is 10.9. The zero-order chi connectivity index (χ0) is 27.1. The Morgan fingerprint density at radius 3 is 2.18 bits per heavy atom. The Morgan fingerprint density at radius 1 is 0.816 bits per heavy atom. The quantitative estimate of drug-likeness (QED) is 0.229. The molecular weight excluding hydrogens is 527 g/mol. The van der Waals surface area contributed by atoms with E-state index in [1.54, 1.807) is 18.3 Å². The first kappa shape index (κ1) is 27.3. The zero-order valence-corrected chi connectivity index (χ0v) is 23.0. The number of rotatable bonds is 11. The number of methoxy groups -OCH3 is 2. The van der Waals surface area contributed by atoms with Crippen LogP contribution >= 0.6 is 23.2 Å². The highest BCUT2D eigenvalue weighted by atomic mass is 35.5. The standard InChI is InChI=1S/C26H28Cl2N8O2/c1-5-36(6-2)13-16-7-8-21(30-11-16)34-22-9-18(31-15-32-22)17-12-29-14-33-26(17)35-25-23(27)19(37-3)10-20(38-4)24(25)28/h7-12,14-15H,5-6,13H2,1-4H3,(H,29,33,35)(H,30,31,32,34). The topological polar surface area (TPSA) is 110 Å². The van der Waals surface area contributed by atoms with Crippen molar-refractivity contribution >= 4 is 46.3 Å². The lowest BCUT2D eigenvalue weighted by atomic mass is 10.2. The molecule has 2 N–H and O–H groups in total. The van der Waals surface area contributed by atoms with E-state index in [1.807, 2.05) is 12.3 Å². The molecular formula is C26H28Cl2N8O2. The van der Waals surface area contributed by atoms with Crippen molar-refractivity contribution in [2.45, 2.75) is 20.4 Å². The molecule has 0 aliphatic heterocycles. The van der Waals surface area contributed by atoms with E-state index in [9.17, 15) is 0 Å². The van der Waals surface area contributed by atoms with Gasteiger partial charge in [0.05, 0.1) is 31.2 Å². The second-order valence-corrected chi connectivity index (χ2v) is 8.88. The van der Waals surface area contributed by atoms with Crippen LogP contribution in [0.2, 0.25) is 10.0 Å². The van der Waals surface area contributed by atoms with Crippen LogP contribution in [-0.2, 0) is 6.54 Å². The molecule has 1 aromatic carbocycles. The molecule has 38 heavy (non-hydrogen) atoms. The summed E-state index contributed by atoms with van der Waals surface area (Å²) >= 11 is 13.1. The molecule has 0 radical (unpaired) electrons. The maximum atomic E-state index is 6.55. The number of nitrogens with one attached hydrogen (secondary N) is 2. The van der Waals surface area contributed by atoms with E-state index in [-0.39, 0.29) is 10.0 Å². The van der Waals surface area contributed by atoms with E-state index in [4.69, 9.17) is 32.7 Å². The van der Waals surface area contributed by atoms with Crippen LogP contribution in [-0.4, -0.2) is 57.1 Å². The fourth-order valence-electron chi connectivity index (χ4n) is 3.73. The molecule has 0 saturated heterocycles. The van der Waals surface area contributed by atoms with Gasteiger partial charge in [0.25, 0.3) is 0 Å². The summed E-state index contributed by atoms with van der Waals surface area (Å²) in [6, 6.07) is 7.38. The van der Waals surface area contributed by atoms with Crippen molar-refractivity contribution in [3.63, 3.8) is 0 Å². The first-order chi connectivity index (χ1) is 18.5. The molecule has 198 valence electrons. The van der Waals surface area contributed by atoms with Gasteiger partial charge in [-0.05, 0) is 24.7 Å². The minimum absolute atomic E-state index is 0.281. The van der Waals surface area contributed by atoms with Gasteiger partial charge in [0.1, 0.15) is 51.7 Å². The zero-order valence-electron chi connectivity index (χ0n) is 21.5. The van der Waals surface area contributed by atoms with Crippen molar-refractivity contribution in [1.82, 2.24) is 29.8 Å². The van der Waals surface area contributed by atoms with Crippen LogP contribution < -0.4 is 20.1 Å². The molecule has 0 aliphatic carbocycles. The number of aromatic nitrogens is 5. The second-order valence-electron chi connectivity index (χ2n) is 8.12. The SMILES string of the molecule is CCN(CC)Cc1ccc(Nc2cc(-c3cncnc3Nc3c(Cl)c(OC)cc(OC)c3Cl)ncn2)nc1. The molecule has 3 heterocycles. The number of benzene rings is 1. The number of nitrogens with zero attached hydrogens (tertiary/aromatic N) is 6. The van der Waals surface area contributed by atoms with Gasteiger partial charge in [-0.1, -0.05) is 43.1 Å². The summed E-state index contributed by atoms with van der Waals surface area (Å²) < 4.78 is 10.7. The van der Waals surface area contributed by atoms with Crippen molar-refractivity contribution < 1.29 is 9.47 Å². The van der Waals surface area contributed by atoms with Gasteiger partial charge in [-0.15, -0.1) is 0 Å². The minimum atomic E-state index is 0.281. The molecule has 10 nitrogen and oxygen atoms in total. The Morgan fingerprint density at radius 2 is 1.55 bits per heavy atom. The number of pyridine rings is 1. The van der Waals surface area contributed by atoms with Crippen LogP contribution in [0, 0.1) is 0 Å². The highest BCUT2D eigenvalue weighted by molar-refractivity contribution is 6.41. The van der Waals surface area contributed by atoms with Gasteiger partial charge in [0.15, 0.2) is 0 Å². The van der Waals surface area contributed by atoms with E-state index in [0.29, 0.717) is 45.9 Å². The summed E-state index contributed by atoms with van der Waals surface area (Å²) in [6.07, 6.45) is 6.37. The molecule has 0 spiro atoms. The highest BCUT2D eigenvalue weighted by Crippen LogP contribution is 2.45. The van der Waals surface area contributed by atoms with Gasteiger partial charge in [-0.3, -0.25) is 4.90 Å². The fraction of sp³-hybridized carbons (Fsp3) is 0.269. The molecule has 0 aliphatic rings. The van der Waals surface area contributed by atoms with Gasteiger partial charge in [0.2, 0.25) is 0 Å². The summed E-state index contributed by atoms with van der Waals surface area (Å²) in [5.74, 6) is 2.46. The van der Waals surface area contributed by atoms with Gasteiger partial charge in [-0.2, -0.15) is 0 Å². The lowest BCUT2D eigenvalue weighted by Crippen LogP contribution is -2.22. The van der Waals surface area contributed by atoms with E-state index < -0.39 is 0 Å². The Labute approximate surface area is 231 Å². The Balaban J connectivity index is 1.59. The summed E-state index contributed by atoms with van der Waals surface area (Å²) in [7, 11) is 3.02. The van der Waals surface area contributed by atoms with Crippen LogP contribution in [0.3, 0.4) is 0 Å². The first-order valence-electron chi connectivity index (χ1n) is 11.9. The van der Waals surface area contributed by atoms with Crippen molar-refractivity contribution in [3.8, 4) is 22.8 Å². The smallest absolute Gasteiger partial charge is 0.143 e. The molecule has 0 fully saturated rings. The molecule has 0 unspecified atom stereocenters. The van der Waals surface area contributed by atoms with Crippen LogP contribution in [0.5, 0.6) is 11.5 Å². The second kappa shape index (κ2) is 12.7. The van der Waals surface area contributed by atoms with Gasteiger partial charge < -0.3 is 20.1 Å². The van der Waals surface area contributed by atoms with Crippen molar-refractivity contribution in [3.05, 3.63) is 64.9 Å². The monoisotopic (exact) mass is 554 g/mol. The van der Waals surface area contributed by atoms with Crippen molar-refractivity contribution in [2.24, 2.45) is 0 Å². The maximum Gasteiger partial charge on any atom is 0.143 e. The number of ether oxygens (including phenoxy) is 2. The van der Waals surface area contributed by atoms with E-state index in [1.165, 1.54) is 26.9 Å². The van der Waals surface area contributed by atoms with Crippen LogP contribution in [0.1, 0.15) is 19.4 Å². The third kappa shape index (κ3) is 6.21. The summed E-state index contributed by atoms with van der Waals surface area (Å²) in [5.41, 5.74) is 2.71. The fourth-order valence-corrected chi connectivity index (χ4v) is 4.33. The molecule has 0 saturated carbocycles. The minimum Gasteiger partial charge on any atom is -0.495 e. The average Bonchev–Trinajstić information content (AvgIpc) is 2.95. The van der Waals surface area contributed by atoms with Gasteiger partial charge in [0, 0.05) is 31.1 Å². The molecule has 0 atom stereocenters. The largest absolute Gasteiger partial charge is 0.495 e. The number of hydrogen-bond acceptors (Lipinski definition) is 10. The van der Waals surface area contributed by atoms with E-state index in [2.05, 4.69) is 60.4 Å². The average molecular weight is 555 g/mol. The number of halogens is 2. The van der Waals surface area contributed by atoms with Crippen LogP contribution in [0.4, 0.5) is 23.1 Å². The summed E-state index contributed by atoms with van der Waals surface area (Å²) in [6.45, 7) is 7.13. The summed E-state index contributed by atoms with van der Waals surface area (Å²) in [4.78, 5) is 24.2. The predicted octanol–water partition coefficient (Wildman–Crippen LogP) is 5.98. The van der Waals surface area contributed by atoms with Gasteiger partial charge in [-0.25, -0.2) is 24.9 Å². The van der Waals surface area contributed by atoms with Crippen LogP contribution in [0.25, 0.3) is 11.3 Å². The highest BCUT2D eigenvalue weighted by Gasteiger charge is 2.20. The Hall–Kier alpha value is -3.73. The Bertz CT molecular complexity index is 1360. The third-order valence-corrected chi connectivity index (χ3v) is 6.60. The molecule has 12 heteroatoms. The molecule has 3 aromatic heterocycles. The molecule has 0 bridgehead atoms. The van der Waals surface area contributed by atoms with E-state index >= 15 is 0 Å². The van der Waals surface area contributed by atoms with Crippen LogP contribution in [0.15, 0.2) is 49.3 Å². The summed E-state index contributed by atoms with van der Waals surface area (Å²) in [5, 5.41) is 6.97. The number of anilines is 4. The number of hydrogen-bond donors (Lipinski definition) is 2. The molecule has 0 amide bonds. The van der Waals surface area contributed by atoms with Crippen molar-refractivity contribution in [2.75, 3.05) is 37.9 Å².